The van der Waals surface area contributed by atoms with Crippen molar-refractivity contribution in [1.82, 2.24) is 10.6 Å². The second-order valence-electron chi connectivity index (χ2n) is 3.93. The molecule has 0 bridgehead atoms. The molecule has 1 aliphatic carbocycles. The van der Waals surface area contributed by atoms with Crippen LogP contribution in [0.5, 0.6) is 0 Å². The van der Waals surface area contributed by atoms with Gasteiger partial charge < -0.3 is 15.4 Å². The summed E-state index contributed by atoms with van der Waals surface area (Å²) in [6, 6.07) is 0.326. The van der Waals surface area contributed by atoms with E-state index < -0.39 is 0 Å². The van der Waals surface area contributed by atoms with E-state index in [1.807, 2.05) is 6.92 Å². The SMILES string of the molecule is CCOCCNC(=O)NC1CCCCC1. The van der Waals surface area contributed by atoms with Crippen LogP contribution in [-0.4, -0.2) is 31.8 Å². The zero-order valence-electron chi connectivity index (χ0n) is 9.55. The van der Waals surface area contributed by atoms with Gasteiger partial charge in [0.1, 0.15) is 0 Å². The van der Waals surface area contributed by atoms with Gasteiger partial charge >= 0.3 is 6.03 Å². The van der Waals surface area contributed by atoms with Gasteiger partial charge in [-0.1, -0.05) is 19.3 Å². The van der Waals surface area contributed by atoms with E-state index in [1.165, 1.54) is 19.3 Å². The van der Waals surface area contributed by atoms with Crippen LogP contribution in [0.25, 0.3) is 0 Å². The van der Waals surface area contributed by atoms with Crippen molar-refractivity contribution < 1.29 is 9.53 Å². The van der Waals surface area contributed by atoms with Crippen LogP contribution in [0.15, 0.2) is 0 Å². The third-order valence-corrected chi connectivity index (χ3v) is 2.68. The highest BCUT2D eigenvalue weighted by atomic mass is 16.5. The zero-order chi connectivity index (χ0) is 10.9. The van der Waals surface area contributed by atoms with Crippen LogP contribution >= 0.6 is 0 Å². The van der Waals surface area contributed by atoms with Gasteiger partial charge in [-0.2, -0.15) is 0 Å². The van der Waals surface area contributed by atoms with Gasteiger partial charge in [0.25, 0.3) is 0 Å². The molecule has 15 heavy (non-hydrogen) atoms. The Labute approximate surface area is 91.8 Å². The van der Waals surface area contributed by atoms with Gasteiger partial charge in [0.2, 0.25) is 0 Å². The highest BCUT2D eigenvalue weighted by Gasteiger charge is 2.14. The monoisotopic (exact) mass is 214 g/mol. The molecule has 0 saturated heterocycles. The van der Waals surface area contributed by atoms with Crippen molar-refractivity contribution in [3.05, 3.63) is 0 Å². The van der Waals surface area contributed by atoms with E-state index in [0.717, 1.165) is 12.8 Å². The van der Waals surface area contributed by atoms with Crippen LogP contribution in [0.3, 0.4) is 0 Å². The smallest absolute Gasteiger partial charge is 0.315 e. The molecule has 4 heteroatoms. The standard InChI is InChI=1S/C11H22N2O2/c1-2-15-9-8-12-11(14)13-10-6-4-3-5-7-10/h10H,2-9H2,1H3,(H2,12,13,14). The van der Waals surface area contributed by atoms with Crippen LogP contribution in [0.1, 0.15) is 39.0 Å². The van der Waals surface area contributed by atoms with Crippen LogP contribution in [0.4, 0.5) is 4.79 Å². The average molecular weight is 214 g/mol. The second-order valence-corrected chi connectivity index (χ2v) is 3.93. The lowest BCUT2D eigenvalue weighted by Gasteiger charge is -2.22. The summed E-state index contributed by atoms with van der Waals surface area (Å²) in [5.74, 6) is 0. The van der Waals surface area contributed by atoms with E-state index in [4.69, 9.17) is 4.74 Å². The molecule has 88 valence electrons. The number of carbonyl (C=O) groups excluding carboxylic acids is 1. The molecule has 0 radical (unpaired) electrons. The second kappa shape index (κ2) is 7.51. The lowest BCUT2D eigenvalue weighted by Crippen LogP contribution is -2.43. The summed E-state index contributed by atoms with van der Waals surface area (Å²) >= 11 is 0. The Morgan fingerprint density at radius 2 is 2.07 bits per heavy atom. The summed E-state index contributed by atoms with van der Waals surface area (Å²) < 4.78 is 5.13. The Morgan fingerprint density at radius 1 is 1.33 bits per heavy atom. The molecule has 0 aliphatic heterocycles. The number of amides is 2. The predicted octanol–water partition coefficient (Wildman–Crippen LogP) is 1.65. The molecule has 1 saturated carbocycles. The van der Waals surface area contributed by atoms with Gasteiger partial charge in [-0.25, -0.2) is 4.79 Å². The van der Waals surface area contributed by atoms with Gasteiger partial charge in [0.05, 0.1) is 6.61 Å². The fourth-order valence-corrected chi connectivity index (χ4v) is 1.86. The van der Waals surface area contributed by atoms with Gasteiger partial charge in [0.15, 0.2) is 0 Å². The zero-order valence-corrected chi connectivity index (χ0v) is 9.55. The summed E-state index contributed by atoms with van der Waals surface area (Å²) in [5, 5.41) is 5.78. The fraction of sp³-hybridized carbons (Fsp3) is 0.909. The highest BCUT2D eigenvalue weighted by Crippen LogP contribution is 2.16. The fourth-order valence-electron chi connectivity index (χ4n) is 1.86. The van der Waals surface area contributed by atoms with E-state index >= 15 is 0 Å². The van der Waals surface area contributed by atoms with Crippen molar-refractivity contribution >= 4 is 6.03 Å². The molecule has 0 spiro atoms. The molecule has 2 amide bonds. The molecule has 1 fully saturated rings. The third kappa shape index (κ3) is 5.62. The highest BCUT2D eigenvalue weighted by molar-refractivity contribution is 5.74. The summed E-state index contributed by atoms with van der Waals surface area (Å²) in [6.45, 7) is 3.83. The minimum Gasteiger partial charge on any atom is -0.380 e. The van der Waals surface area contributed by atoms with Crippen LogP contribution in [0, 0.1) is 0 Å². The molecule has 0 aromatic rings. The first-order valence-corrected chi connectivity index (χ1v) is 5.95. The number of rotatable bonds is 5. The first kappa shape index (κ1) is 12.3. The van der Waals surface area contributed by atoms with Gasteiger partial charge in [-0.3, -0.25) is 0 Å². The van der Waals surface area contributed by atoms with E-state index in [-0.39, 0.29) is 6.03 Å². The number of carbonyl (C=O) groups is 1. The van der Waals surface area contributed by atoms with Crippen molar-refractivity contribution in [3.8, 4) is 0 Å². The lowest BCUT2D eigenvalue weighted by atomic mass is 9.96. The van der Waals surface area contributed by atoms with Crippen molar-refractivity contribution in [2.75, 3.05) is 19.8 Å². The summed E-state index contributed by atoms with van der Waals surface area (Å²) in [6.07, 6.45) is 6.04. The molecule has 0 aromatic heterocycles. The Hall–Kier alpha value is -0.770. The summed E-state index contributed by atoms with van der Waals surface area (Å²) in [4.78, 5) is 11.4. The molecule has 1 rings (SSSR count). The van der Waals surface area contributed by atoms with Crippen LogP contribution in [0.2, 0.25) is 0 Å². The van der Waals surface area contributed by atoms with Crippen molar-refractivity contribution in [2.24, 2.45) is 0 Å². The van der Waals surface area contributed by atoms with Crippen LogP contribution < -0.4 is 10.6 Å². The Balaban J connectivity index is 2.01. The number of hydrogen-bond acceptors (Lipinski definition) is 2. The van der Waals surface area contributed by atoms with E-state index in [2.05, 4.69) is 10.6 Å². The Bertz CT molecular complexity index is 179. The topological polar surface area (TPSA) is 50.4 Å². The normalized spacial score (nSPS) is 17.4. The first-order chi connectivity index (χ1) is 7.33. The molecule has 0 unspecified atom stereocenters. The maximum Gasteiger partial charge on any atom is 0.315 e. The molecular formula is C11H22N2O2. The molecule has 4 nitrogen and oxygen atoms in total. The largest absolute Gasteiger partial charge is 0.380 e. The number of ether oxygens (including phenoxy) is 1. The predicted molar refractivity (Wildman–Crippen MR) is 59.9 cm³/mol. The summed E-state index contributed by atoms with van der Waals surface area (Å²) in [5.41, 5.74) is 0. The first-order valence-electron chi connectivity index (χ1n) is 5.95. The van der Waals surface area contributed by atoms with Gasteiger partial charge in [-0.05, 0) is 19.8 Å². The number of urea groups is 1. The van der Waals surface area contributed by atoms with E-state index in [9.17, 15) is 4.79 Å². The molecule has 0 aromatic carbocycles. The molecule has 0 heterocycles. The molecule has 1 aliphatic rings. The summed E-state index contributed by atoms with van der Waals surface area (Å²) in [7, 11) is 0. The average Bonchev–Trinajstić information content (AvgIpc) is 2.26. The maximum absolute atomic E-state index is 11.4. The lowest BCUT2D eigenvalue weighted by molar-refractivity contribution is 0.149. The quantitative estimate of drug-likeness (QED) is 0.684. The van der Waals surface area contributed by atoms with Crippen molar-refractivity contribution in [3.63, 3.8) is 0 Å². The number of nitrogens with one attached hydrogen (secondary N) is 2. The Morgan fingerprint density at radius 3 is 2.73 bits per heavy atom. The van der Waals surface area contributed by atoms with Gasteiger partial charge in [0, 0.05) is 19.2 Å². The van der Waals surface area contributed by atoms with Crippen molar-refractivity contribution in [1.29, 1.82) is 0 Å². The number of hydrogen-bond donors (Lipinski definition) is 2. The maximum atomic E-state index is 11.4. The minimum absolute atomic E-state index is 0.0541. The molecular weight excluding hydrogens is 192 g/mol. The van der Waals surface area contributed by atoms with Gasteiger partial charge in [-0.15, -0.1) is 0 Å². The van der Waals surface area contributed by atoms with E-state index in [1.54, 1.807) is 0 Å². The minimum atomic E-state index is -0.0541. The Kier molecular flexibility index (Phi) is 6.16. The van der Waals surface area contributed by atoms with E-state index in [0.29, 0.717) is 25.8 Å². The molecule has 0 atom stereocenters. The molecule has 2 N–H and O–H groups in total. The third-order valence-electron chi connectivity index (χ3n) is 2.68. The van der Waals surface area contributed by atoms with Crippen LogP contribution in [-0.2, 0) is 4.74 Å². The van der Waals surface area contributed by atoms with Crippen molar-refractivity contribution in [2.45, 2.75) is 45.1 Å².